The van der Waals surface area contributed by atoms with E-state index in [0.29, 0.717) is 30.0 Å². The van der Waals surface area contributed by atoms with Crippen LogP contribution in [0.25, 0.3) is 0 Å². The maximum atomic E-state index is 13.0. The molecule has 1 aliphatic heterocycles. The zero-order valence-corrected chi connectivity index (χ0v) is 18.8. The first-order chi connectivity index (χ1) is 14.5. The number of carbonyl (C=O) groups excluding carboxylic acids is 2. The van der Waals surface area contributed by atoms with Crippen molar-refractivity contribution in [3.8, 4) is 5.75 Å². The summed E-state index contributed by atoms with van der Waals surface area (Å²) in [6, 6.07) is 6.67. The van der Waals surface area contributed by atoms with Gasteiger partial charge in [-0.2, -0.15) is 0 Å². The first-order valence-electron chi connectivity index (χ1n) is 11.2. The van der Waals surface area contributed by atoms with E-state index in [1.54, 1.807) is 0 Å². The second-order valence-electron chi connectivity index (χ2n) is 7.93. The summed E-state index contributed by atoms with van der Waals surface area (Å²) in [6.07, 6.45) is 6.65. The number of hydrogen-bond donors (Lipinski definition) is 2. The molecule has 0 saturated heterocycles. The monoisotopic (exact) mass is 416 g/mol. The predicted molar refractivity (Wildman–Crippen MR) is 118 cm³/mol. The number of carbonyl (C=O) groups is 2. The van der Waals surface area contributed by atoms with Crippen molar-refractivity contribution in [1.82, 2.24) is 10.6 Å². The normalized spacial score (nSPS) is 16.3. The molecule has 2 amide bonds. The molecule has 0 aromatic heterocycles. The van der Waals surface area contributed by atoms with E-state index >= 15 is 0 Å². The van der Waals surface area contributed by atoms with Gasteiger partial charge in [-0.3, -0.25) is 0 Å². The molecule has 0 bridgehead atoms. The highest BCUT2D eigenvalue weighted by molar-refractivity contribution is 5.95. The van der Waals surface area contributed by atoms with Gasteiger partial charge in [0.15, 0.2) is 0 Å². The Labute approximate surface area is 180 Å². The molecule has 1 heterocycles. The standard InChI is InChI=1S/C24H36N2O4/c1-5-7-9-12-16-29-20-15-11-10-13-18(20)22-21(23(27)30-17(3)4)19(14-8-6-2)25-24(28)26-22/h10-11,13,15,17,22H,5-9,12,14,16H2,1-4H3,(H2,25,26,28). The average Bonchev–Trinajstić information content (AvgIpc) is 2.71. The molecular formula is C24H36N2O4. The van der Waals surface area contributed by atoms with Crippen molar-refractivity contribution < 1.29 is 19.1 Å². The van der Waals surface area contributed by atoms with Gasteiger partial charge in [0.2, 0.25) is 0 Å². The number of ether oxygens (including phenoxy) is 2. The molecule has 6 nitrogen and oxygen atoms in total. The number of hydrogen-bond acceptors (Lipinski definition) is 4. The number of esters is 1. The third-order valence-corrected chi connectivity index (χ3v) is 4.98. The summed E-state index contributed by atoms with van der Waals surface area (Å²) in [5.74, 6) is 0.275. The van der Waals surface area contributed by atoms with Crippen LogP contribution in [0, 0.1) is 0 Å². The number of amides is 2. The number of benzene rings is 1. The Hall–Kier alpha value is -2.50. The van der Waals surface area contributed by atoms with Gasteiger partial charge >= 0.3 is 12.0 Å². The van der Waals surface area contributed by atoms with E-state index in [2.05, 4.69) is 24.5 Å². The van der Waals surface area contributed by atoms with E-state index in [4.69, 9.17) is 9.47 Å². The van der Waals surface area contributed by atoms with Gasteiger partial charge in [0.25, 0.3) is 0 Å². The zero-order chi connectivity index (χ0) is 21.9. The molecular weight excluding hydrogens is 380 g/mol. The van der Waals surface area contributed by atoms with Crippen molar-refractivity contribution in [3.05, 3.63) is 41.1 Å². The Kier molecular flexibility index (Phi) is 9.71. The van der Waals surface area contributed by atoms with Crippen molar-refractivity contribution in [3.63, 3.8) is 0 Å². The molecule has 0 aliphatic carbocycles. The van der Waals surface area contributed by atoms with E-state index in [0.717, 1.165) is 31.2 Å². The van der Waals surface area contributed by atoms with Crippen molar-refractivity contribution in [1.29, 1.82) is 0 Å². The fourth-order valence-electron chi connectivity index (χ4n) is 3.48. The summed E-state index contributed by atoms with van der Waals surface area (Å²) in [4.78, 5) is 25.4. The molecule has 1 aromatic carbocycles. The Morgan fingerprint density at radius 1 is 1.07 bits per heavy atom. The lowest BCUT2D eigenvalue weighted by molar-refractivity contribution is -0.143. The molecule has 0 fully saturated rings. The van der Waals surface area contributed by atoms with E-state index in [1.807, 2.05) is 38.1 Å². The van der Waals surface area contributed by atoms with Crippen LogP contribution in [-0.2, 0) is 9.53 Å². The summed E-state index contributed by atoms with van der Waals surface area (Å²) in [5, 5.41) is 5.73. The van der Waals surface area contributed by atoms with E-state index in [-0.39, 0.29) is 12.1 Å². The van der Waals surface area contributed by atoms with Crippen molar-refractivity contribution in [2.75, 3.05) is 6.61 Å². The number of para-hydroxylation sites is 1. The molecule has 0 spiro atoms. The lowest BCUT2D eigenvalue weighted by Crippen LogP contribution is -2.46. The molecule has 0 radical (unpaired) electrons. The minimum absolute atomic E-state index is 0.249. The first-order valence-corrected chi connectivity index (χ1v) is 11.2. The lowest BCUT2D eigenvalue weighted by Gasteiger charge is -2.30. The first kappa shape index (κ1) is 23.8. The second-order valence-corrected chi connectivity index (χ2v) is 7.93. The maximum Gasteiger partial charge on any atom is 0.338 e. The number of allylic oxidation sites excluding steroid dienone is 1. The Balaban J connectivity index is 2.36. The Morgan fingerprint density at radius 3 is 2.50 bits per heavy atom. The zero-order valence-electron chi connectivity index (χ0n) is 18.8. The minimum atomic E-state index is -0.608. The maximum absolute atomic E-state index is 13.0. The van der Waals surface area contributed by atoms with Gasteiger partial charge in [0.1, 0.15) is 5.75 Å². The molecule has 30 heavy (non-hydrogen) atoms. The lowest BCUT2D eigenvalue weighted by atomic mass is 9.93. The van der Waals surface area contributed by atoms with Crippen molar-refractivity contribution in [2.45, 2.75) is 84.8 Å². The number of nitrogens with one attached hydrogen (secondary N) is 2. The van der Waals surface area contributed by atoms with Gasteiger partial charge < -0.3 is 20.1 Å². The number of unbranched alkanes of at least 4 members (excludes halogenated alkanes) is 4. The smallest absolute Gasteiger partial charge is 0.338 e. The highest BCUT2D eigenvalue weighted by Crippen LogP contribution is 2.35. The van der Waals surface area contributed by atoms with E-state index in [1.165, 1.54) is 12.8 Å². The summed E-state index contributed by atoms with van der Waals surface area (Å²) in [6.45, 7) is 8.50. The fraction of sp³-hybridized carbons (Fsp3) is 0.583. The molecule has 1 unspecified atom stereocenters. The third-order valence-electron chi connectivity index (χ3n) is 4.98. The van der Waals surface area contributed by atoms with Crippen LogP contribution in [-0.4, -0.2) is 24.7 Å². The molecule has 2 rings (SSSR count). The SMILES string of the molecule is CCCCCCOc1ccccc1C1NC(=O)NC(CCCC)=C1C(=O)OC(C)C. The molecule has 1 aliphatic rings. The highest BCUT2D eigenvalue weighted by atomic mass is 16.5. The predicted octanol–water partition coefficient (Wildman–Crippen LogP) is 5.40. The third kappa shape index (κ3) is 6.78. The van der Waals surface area contributed by atoms with Gasteiger partial charge in [-0.05, 0) is 39.2 Å². The van der Waals surface area contributed by atoms with E-state index < -0.39 is 12.0 Å². The van der Waals surface area contributed by atoms with Crippen LogP contribution in [0.4, 0.5) is 4.79 Å². The fourth-order valence-corrected chi connectivity index (χ4v) is 3.48. The molecule has 1 aromatic rings. The topological polar surface area (TPSA) is 76.7 Å². The number of urea groups is 1. The van der Waals surface area contributed by atoms with Crippen LogP contribution in [0.2, 0.25) is 0 Å². The molecule has 6 heteroatoms. The Morgan fingerprint density at radius 2 is 1.80 bits per heavy atom. The van der Waals surface area contributed by atoms with Gasteiger partial charge in [0, 0.05) is 11.3 Å². The van der Waals surface area contributed by atoms with Crippen LogP contribution in [0.1, 0.15) is 84.2 Å². The Bertz CT molecular complexity index is 742. The number of rotatable bonds is 12. The van der Waals surface area contributed by atoms with Gasteiger partial charge in [-0.25, -0.2) is 9.59 Å². The molecule has 0 saturated carbocycles. The van der Waals surface area contributed by atoms with Crippen molar-refractivity contribution >= 4 is 12.0 Å². The van der Waals surface area contributed by atoms with Crippen LogP contribution < -0.4 is 15.4 Å². The van der Waals surface area contributed by atoms with Crippen molar-refractivity contribution in [2.24, 2.45) is 0 Å². The molecule has 1 atom stereocenters. The second kappa shape index (κ2) is 12.3. The summed E-state index contributed by atoms with van der Waals surface area (Å²) >= 11 is 0. The van der Waals surface area contributed by atoms with Crippen LogP contribution in [0.5, 0.6) is 5.75 Å². The largest absolute Gasteiger partial charge is 0.493 e. The quantitative estimate of drug-likeness (QED) is 0.353. The van der Waals surface area contributed by atoms with Gasteiger partial charge in [0.05, 0.1) is 24.3 Å². The van der Waals surface area contributed by atoms with Gasteiger partial charge in [-0.1, -0.05) is 57.7 Å². The van der Waals surface area contributed by atoms with Crippen LogP contribution >= 0.6 is 0 Å². The summed E-state index contributed by atoms with van der Waals surface area (Å²) in [5.41, 5.74) is 1.86. The molecule has 166 valence electrons. The van der Waals surface area contributed by atoms with Gasteiger partial charge in [-0.15, -0.1) is 0 Å². The summed E-state index contributed by atoms with van der Waals surface area (Å²) in [7, 11) is 0. The average molecular weight is 417 g/mol. The minimum Gasteiger partial charge on any atom is -0.493 e. The summed E-state index contributed by atoms with van der Waals surface area (Å²) < 4.78 is 11.6. The van der Waals surface area contributed by atoms with E-state index in [9.17, 15) is 9.59 Å². The molecule has 2 N–H and O–H groups in total. The van der Waals surface area contributed by atoms with Crippen LogP contribution in [0.15, 0.2) is 35.5 Å². The highest BCUT2D eigenvalue weighted by Gasteiger charge is 2.35. The van der Waals surface area contributed by atoms with Crippen LogP contribution in [0.3, 0.4) is 0 Å².